The van der Waals surface area contributed by atoms with E-state index in [1.807, 2.05) is 18.2 Å². The molecule has 0 spiro atoms. The fraction of sp³-hybridized carbons (Fsp3) is 0.450. The SMILES string of the molecule is NCC(NC(=O)CCC1CCCCO1)c1ccc2ccccc2c1. The topological polar surface area (TPSA) is 64.3 Å². The van der Waals surface area contributed by atoms with Crippen LogP contribution < -0.4 is 11.1 Å². The zero-order valence-electron chi connectivity index (χ0n) is 14.0. The van der Waals surface area contributed by atoms with Crippen LogP contribution in [0.25, 0.3) is 10.8 Å². The lowest BCUT2D eigenvalue weighted by Gasteiger charge is -2.23. The summed E-state index contributed by atoms with van der Waals surface area (Å²) in [7, 11) is 0. The lowest BCUT2D eigenvalue weighted by molar-refractivity contribution is -0.122. The van der Waals surface area contributed by atoms with E-state index >= 15 is 0 Å². The smallest absolute Gasteiger partial charge is 0.220 e. The molecule has 4 heteroatoms. The van der Waals surface area contributed by atoms with Crippen LogP contribution in [0.5, 0.6) is 0 Å². The molecule has 0 saturated carbocycles. The standard InChI is InChI=1S/C20H26N2O2/c21-14-19(17-9-8-15-5-1-2-6-16(15)13-17)22-20(23)11-10-18-7-3-4-12-24-18/h1-2,5-6,8-9,13,18-19H,3-4,7,10-12,14,21H2,(H,22,23). The van der Waals surface area contributed by atoms with Crippen molar-refractivity contribution in [3.63, 3.8) is 0 Å². The minimum absolute atomic E-state index is 0.0489. The van der Waals surface area contributed by atoms with E-state index < -0.39 is 0 Å². The van der Waals surface area contributed by atoms with E-state index in [1.165, 1.54) is 17.2 Å². The predicted molar refractivity (Wildman–Crippen MR) is 96.7 cm³/mol. The number of fused-ring (bicyclic) bond motifs is 1. The normalized spacial score (nSPS) is 19.1. The molecule has 0 bridgehead atoms. The zero-order chi connectivity index (χ0) is 16.8. The maximum absolute atomic E-state index is 12.3. The van der Waals surface area contributed by atoms with E-state index in [9.17, 15) is 4.79 Å². The second kappa shape index (κ2) is 8.27. The van der Waals surface area contributed by atoms with E-state index in [4.69, 9.17) is 10.5 Å². The average molecular weight is 326 g/mol. The van der Waals surface area contributed by atoms with Gasteiger partial charge in [-0.25, -0.2) is 0 Å². The van der Waals surface area contributed by atoms with Gasteiger partial charge in [-0.3, -0.25) is 4.79 Å². The highest BCUT2D eigenvalue weighted by Gasteiger charge is 2.17. The molecule has 128 valence electrons. The van der Waals surface area contributed by atoms with Crippen molar-refractivity contribution < 1.29 is 9.53 Å². The van der Waals surface area contributed by atoms with Gasteiger partial charge in [-0.1, -0.05) is 36.4 Å². The molecule has 1 heterocycles. The number of nitrogens with two attached hydrogens (primary N) is 1. The first-order chi connectivity index (χ1) is 11.8. The summed E-state index contributed by atoms with van der Waals surface area (Å²) in [5, 5.41) is 5.43. The van der Waals surface area contributed by atoms with Gasteiger partial charge in [0.25, 0.3) is 0 Å². The highest BCUT2D eigenvalue weighted by molar-refractivity contribution is 5.83. The van der Waals surface area contributed by atoms with Crippen molar-refractivity contribution in [1.82, 2.24) is 5.32 Å². The molecule has 2 unspecified atom stereocenters. The van der Waals surface area contributed by atoms with Crippen LogP contribution >= 0.6 is 0 Å². The van der Waals surface area contributed by atoms with Gasteiger partial charge in [0.15, 0.2) is 0 Å². The Morgan fingerprint density at radius 2 is 2.04 bits per heavy atom. The first-order valence-corrected chi connectivity index (χ1v) is 8.86. The van der Waals surface area contributed by atoms with Crippen LogP contribution in [0.3, 0.4) is 0 Å². The average Bonchev–Trinajstić information content (AvgIpc) is 2.65. The molecule has 1 saturated heterocycles. The number of hydrogen-bond donors (Lipinski definition) is 2. The van der Waals surface area contributed by atoms with E-state index in [-0.39, 0.29) is 18.1 Å². The monoisotopic (exact) mass is 326 g/mol. The highest BCUT2D eigenvalue weighted by Crippen LogP contribution is 2.21. The molecule has 1 aliphatic rings. The minimum Gasteiger partial charge on any atom is -0.378 e. The molecule has 1 amide bonds. The Morgan fingerprint density at radius 1 is 1.21 bits per heavy atom. The highest BCUT2D eigenvalue weighted by atomic mass is 16.5. The van der Waals surface area contributed by atoms with E-state index in [2.05, 4.69) is 29.6 Å². The molecule has 2 aromatic rings. The van der Waals surface area contributed by atoms with Gasteiger partial charge >= 0.3 is 0 Å². The van der Waals surface area contributed by atoms with Gasteiger partial charge in [0.2, 0.25) is 5.91 Å². The number of ether oxygens (including phenoxy) is 1. The molecule has 1 fully saturated rings. The van der Waals surface area contributed by atoms with E-state index in [1.54, 1.807) is 0 Å². The maximum Gasteiger partial charge on any atom is 0.220 e. The Labute approximate surface area is 143 Å². The molecule has 0 aromatic heterocycles. The summed E-state index contributed by atoms with van der Waals surface area (Å²) in [6.45, 7) is 1.22. The summed E-state index contributed by atoms with van der Waals surface area (Å²) in [6.07, 6.45) is 4.93. The number of rotatable bonds is 6. The lowest BCUT2D eigenvalue weighted by Crippen LogP contribution is -2.34. The number of nitrogens with one attached hydrogen (secondary N) is 1. The van der Waals surface area contributed by atoms with Gasteiger partial charge < -0.3 is 15.8 Å². The van der Waals surface area contributed by atoms with E-state index in [0.717, 1.165) is 31.4 Å². The third-order valence-corrected chi connectivity index (χ3v) is 4.71. The van der Waals surface area contributed by atoms with Gasteiger partial charge in [-0.15, -0.1) is 0 Å². The Bertz CT molecular complexity index is 680. The van der Waals surface area contributed by atoms with Gasteiger partial charge in [0, 0.05) is 19.6 Å². The number of carbonyl (C=O) groups excluding carboxylic acids is 1. The van der Waals surface area contributed by atoms with Crippen molar-refractivity contribution >= 4 is 16.7 Å². The van der Waals surface area contributed by atoms with E-state index in [0.29, 0.717) is 13.0 Å². The summed E-state index contributed by atoms with van der Waals surface area (Å²) < 4.78 is 5.69. The van der Waals surface area contributed by atoms with Crippen molar-refractivity contribution in [3.8, 4) is 0 Å². The summed E-state index contributed by atoms with van der Waals surface area (Å²) in [5.41, 5.74) is 6.95. The van der Waals surface area contributed by atoms with Crippen molar-refractivity contribution in [2.75, 3.05) is 13.2 Å². The number of hydrogen-bond acceptors (Lipinski definition) is 3. The molecular formula is C20H26N2O2. The summed E-state index contributed by atoms with van der Waals surface area (Å²) >= 11 is 0. The van der Waals surface area contributed by atoms with Crippen molar-refractivity contribution in [2.24, 2.45) is 5.73 Å². The first-order valence-electron chi connectivity index (χ1n) is 8.86. The van der Waals surface area contributed by atoms with Crippen LogP contribution in [0.2, 0.25) is 0 Å². The van der Waals surface area contributed by atoms with Gasteiger partial charge in [0.05, 0.1) is 12.1 Å². The summed E-state index contributed by atoms with van der Waals surface area (Å²) in [6, 6.07) is 14.3. The number of benzene rings is 2. The van der Waals surface area contributed by atoms with Crippen LogP contribution in [0, 0.1) is 0 Å². The van der Waals surface area contributed by atoms with Crippen LogP contribution in [-0.2, 0) is 9.53 Å². The molecule has 3 rings (SSSR count). The maximum atomic E-state index is 12.3. The third-order valence-electron chi connectivity index (χ3n) is 4.71. The third kappa shape index (κ3) is 4.34. The fourth-order valence-electron chi connectivity index (χ4n) is 3.30. The minimum atomic E-state index is -0.144. The largest absolute Gasteiger partial charge is 0.378 e. The fourth-order valence-corrected chi connectivity index (χ4v) is 3.30. The predicted octanol–water partition coefficient (Wildman–Crippen LogP) is 3.31. The molecule has 0 aliphatic carbocycles. The summed E-state index contributed by atoms with van der Waals surface area (Å²) in [5.74, 6) is 0.0489. The molecular weight excluding hydrogens is 300 g/mol. The lowest BCUT2D eigenvalue weighted by atomic mass is 10.0. The second-order valence-electron chi connectivity index (χ2n) is 6.49. The van der Waals surface area contributed by atoms with Crippen molar-refractivity contribution in [3.05, 3.63) is 48.0 Å². The quantitative estimate of drug-likeness (QED) is 0.856. The first kappa shape index (κ1) is 16.9. The molecule has 2 aromatic carbocycles. The Hall–Kier alpha value is -1.91. The van der Waals surface area contributed by atoms with Gasteiger partial charge in [0.1, 0.15) is 0 Å². The second-order valence-corrected chi connectivity index (χ2v) is 6.49. The van der Waals surface area contributed by atoms with Crippen LogP contribution in [-0.4, -0.2) is 25.2 Å². The molecule has 2 atom stereocenters. The molecule has 24 heavy (non-hydrogen) atoms. The van der Waals surface area contributed by atoms with Gasteiger partial charge in [-0.05, 0) is 48.1 Å². The molecule has 4 nitrogen and oxygen atoms in total. The zero-order valence-corrected chi connectivity index (χ0v) is 14.0. The Morgan fingerprint density at radius 3 is 2.79 bits per heavy atom. The van der Waals surface area contributed by atoms with Crippen LogP contribution in [0.15, 0.2) is 42.5 Å². The van der Waals surface area contributed by atoms with Crippen LogP contribution in [0.1, 0.15) is 43.7 Å². The molecule has 1 aliphatic heterocycles. The van der Waals surface area contributed by atoms with Gasteiger partial charge in [-0.2, -0.15) is 0 Å². The van der Waals surface area contributed by atoms with Crippen LogP contribution in [0.4, 0.5) is 0 Å². The Kier molecular flexibility index (Phi) is 5.83. The van der Waals surface area contributed by atoms with Crippen molar-refractivity contribution in [2.45, 2.75) is 44.2 Å². The Balaban J connectivity index is 1.59. The summed E-state index contributed by atoms with van der Waals surface area (Å²) in [4.78, 5) is 12.3. The molecule has 3 N–H and O–H groups in total. The van der Waals surface area contributed by atoms with Crippen molar-refractivity contribution in [1.29, 1.82) is 0 Å². The number of carbonyl (C=O) groups is 1. The molecule has 0 radical (unpaired) electrons. The number of amides is 1.